The number of halogens is 2. The maximum Gasteiger partial charge on any atom is 0.341 e. The summed E-state index contributed by atoms with van der Waals surface area (Å²) in [6.07, 6.45) is 0.0808. The predicted octanol–water partition coefficient (Wildman–Crippen LogP) is 5.50. The summed E-state index contributed by atoms with van der Waals surface area (Å²) in [6.45, 7) is 0.245. The minimum absolute atomic E-state index is 0.0808. The molecule has 4 rings (SSSR count). The second-order valence-corrected chi connectivity index (χ2v) is 8.98. The molecule has 0 bridgehead atoms. The minimum atomic E-state index is -0.559. The maximum absolute atomic E-state index is 13.0. The van der Waals surface area contributed by atoms with E-state index in [2.05, 4.69) is 5.32 Å². The van der Waals surface area contributed by atoms with Gasteiger partial charge >= 0.3 is 5.97 Å². The van der Waals surface area contributed by atoms with Gasteiger partial charge in [-0.05, 0) is 42.0 Å². The molecular formula is C23H18Cl2N2O4S. The van der Waals surface area contributed by atoms with E-state index in [1.54, 1.807) is 58.8 Å². The zero-order valence-corrected chi connectivity index (χ0v) is 19.3. The number of carbonyl (C=O) groups is 3. The highest BCUT2D eigenvalue weighted by Crippen LogP contribution is 2.37. The Labute approximate surface area is 198 Å². The highest BCUT2D eigenvalue weighted by molar-refractivity contribution is 7.15. The summed E-state index contributed by atoms with van der Waals surface area (Å²) in [5.74, 6) is -1.58. The third-order valence-electron chi connectivity index (χ3n) is 5.21. The van der Waals surface area contributed by atoms with Crippen molar-refractivity contribution in [2.75, 3.05) is 23.9 Å². The van der Waals surface area contributed by atoms with Gasteiger partial charge in [0, 0.05) is 39.6 Å². The van der Waals surface area contributed by atoms with Crippen molar-refractivity contribution < 1.29 is 19.1 Å². The number of carbonyl (C=O) groups excluding carboxylic acids is 3. The second-order valence-electron chi connectivity index (χ2n) is 7.22. The van der Waals surface area contributed by atoms with Crippen LogP contribution in [0.15, 0.2) is 53.9 Å². The van der Waals surface area contributed by atoms with Crippen LogP contribution in [0.4, 0.5) is 10.7 Å². The van der Waals surface area contributed by atoms with E-state index in [0.29, 0.717) is 26.3 Å². The van der Waals surface area contributed by atoms with Crippen LogP contribution in [0.3, 0.4) is 0 Å². The fourth-order valence-electron chi connectivity index (χ4n) is 3.56. The Morgan fingerprint density at radius 3 is 2.31 bits per heavy atom. The standard InChI is InChI=1S/C23H18Cl2N2O4S/c1-31-23(30)20-18(13-2-4-15(24)5-3-13)12-32-22(20)26-21(29)14-10-19(28)27(11-14)17-8-6-16(25)7-9-17/h2-9,12,14H,10-11H2,1H3,(H,26,29). The summed E-state index contributed by atoms with van der Waals surface area (Å²) in [6, 6.07) is 13.9. The first-order chi connectivity index (χ1) is 15.4. The van der Waals surface area contributed by atoms with Gasteiger partial charge in [-0.15, -0.1) is 11.3 Å². The smallest absolute Gasteiger partial charge is 0.341 e. The molecule has 1 atom stereocenters. The van der Waals surface area contributed by atoms with Gasteiger partial charge in [0.05, 0.1) is 13.0 Å². The van der Waals surface area contributed by atoms with Crippen LogP contribution in [0.2, 0.25) is 10.0 Å². The van der Waals surface area contributed by atoms with Crippen LogP contribution >= 0.6 is 34.5 Å². The van der Waals surface area contributed by atoms with Gasteiger partial charge in [0.25, 0.3) is 0 Å². The van der Waals surface area contributed by atoms with E-state index in [9.17, 15) is 14.4 Å². The largest absolute Gasteiger partial charge is 0.465 e. The van der Waals surface area contributed by atoms with Crippen LogP contribution < -0.4 is 10.2 Å². The highest BCUT2D eigenvalue weighted by atomic mass is 35.5. The molecule has 1 saturated heterocycles. The lowest BCUT2D eigenvalue weighted by Crippen LogP contribution is -2.28. The Kier molecular flexibility index (Phi) is 6.50. The third-order valence-corrected chi connectivity index (χ3v) is 6.61. The van der Waals surface area contributed by atoms with Gasteiger partial charge < -0.3 is 15.0 Å². The molecule has 0 spiro atoms. The van der Waals surface area contributed by atoms with Crippen LogP contribution in [0.1, 0.15) is 16.8 Å². The van der Waals surface area contributed by atoms with Crippen molar-refractivity contribution in [3.63, 3.8) is 0 Å². The topological polar surface area (TPSA) is 75.7 Å². The molecule has 0 aliphatic carbocycles. The number of nitrogens with zero attached hydrogens (tertiary/aromatic N) is 1. The van der Waals surface area contributed by atoms with Gasteiger partial charge in [-0.3, -0.25) is 9.59 Å². The summed E-state index contributed by atoms with van der Waals surface area (Å²) in [7, 11) is 1.29. The summed E-state index contributed by atoms with van der Waals surface area (Å²) in [5.41, 5.74) is 2.37. The van der Waals surface area contributed by atoms with Crippen LogP contribution in [-0.4, -0.2) is 31.4 Å². The Bertz CT molecular complexity index is 1180. The van der Waals surface area contributed by atoms with E-state index in [-0.39, 0.29) is 30.3 Å². The third kappa shape index (κ3) is 4.50. The van der Waals surface area contributed by atoms with Crippen molar-refractivity contribution in [3.05, 3.63) is 69.5 Å². The summed E-state index contributed by atoms with van der Waals surface area (Å²) < 4.78 is 4.95. The van der Waals surface area contributed by atoms with Gasteiger partial charge in [-0.1, -0.05) is 35.3 Å². The van der Waals surface area contributed by atoms with Crippen molar-refractivity contribution in [1.29, 1.82) is 0 Å². The predicted molar refractivity (Wildman–Crippen MR) is 127 cm³/mol. The highest BCUT2D eigenvalue weighted by Gasteiger charge is 2.36. The summed E-state index contributed by atoms with van der Waals surface area (Å²) in [5, 5.41) is 6.13. The van der Waals surface area contributed by atoms with Crippen LogP contribution in [0, 0.1) is 5.92 Å². The molecule has 0 saturated carbocycles. The number of anilines is 2. The number of ether oxygens (including phenoxy) is 1. The number of thiophene rings is 1. The van der Waals surface area contributed by atoms with Crippen molar-refractivity contribution in [3.8, 4) is 11.1 Å². The molecule has 0 radical (unpaired) electrons. The van der Waals surface area contributed by atoms with Crippen LogP contribution in [0.5, 0.6) is 0 Å². The van der Waals surface area contributed by atoms with Gasteiger partial charge in [-0.25, -0.2) is 4.79 Å². The van der Waals surface area contributed by atoms with E-state index in [0.717, 1.165) is 5.56 Å². The number of esters is 1. The van der Waals surface area contributed by atoms with E-state index < -0.39 is 11.9 Å². The lowest BCUT2D eigenvalue weighted by Gasteiger charge is -2.16. The number of hydrogen-bond donors (Lipinski definition) is 1. The number of nitrogens with one attached hydrogen (secondary N) is 1. The van der Waals surface area contributed by atoms with Gasteiger partial charge in [0.2, 0.25) is 11.8 Å². The van der Waals surface area contributed by atoms with Crippen molar-refractivity contribution >= 4 is 63.0 Å². The Balaban J connectivity index is 1.55. The fraction of sp³-hybridized carbons (Fsp3) is 0.174. The maximum atomic E-state index is 13.0. The van der Waals surface area contributed by atoms with Crippen LogP contribution in [-0.2, 0) is 14.3 Å². The molecule has 1 N–H and O–H groups in total. The number of amides is 2. The zero-order valence-electron chi connectivity index (χ0n) is 16.9. The first-order valence-electron chi connectivity index (χ1n) is 9.70. The minimum Gasteiger partial charge on any atom is -0.465 e. The van der Waals surface area contributed by atoms with Crippen molar-refractivity contribution in [1.82, 2.24) is 0 Å². The Morgan fingerprint density at radius 2 is 1.69 bits per heavy atom. The molecule has 1 unspecified atom stereocenters. The lowest BCUT2D eigenvalue weighted by atomic mass is 10.0. The molecule has 2 heterocycles. The van der Waals surface area contributed by atoms with Gasteiger partial charge in [0.1, 0.15) is 10.6 Å². The van der Waals surface area contributed by atoms with Crippen LogP contribution in [0.25, 0.3) is 11.1 Å². The molecule has 6 nitrogen and oxygen atoms in total. The van der Waals surface area contributed by atoms with E-state index >= 15 is 0 Å². The van der Waals surface area contributed by atoms with E-state index in [1.807, 2.05) is 0 Å². The number of methoxy groups -OCH3 is 1. The molecule has 3 aromatic rings. The summed E-state index contributed by atoms with van der Waals surface area (Å²) in [4.78, 5) is 39.5. The van der Waals surface area contributed by atoms with E-state index in [1.165, 1.54) is 18.4 Å². The van der Waals surface area contributed by atoms with Gasteiger partial charge in [-0.2, -0.15) is 0 Å². The first-order valence-corrected chi connectivity index (χ1v) is 11.3. The molecule has 32 heavy (non-hydrogen) atoms. The molecule has 1 fully saturated rings. The molecular weight excluding hydrogens is 471 g/mol. The average molecular weight is 489 g/mol. The zero-order chi connectivity index (χ0) is 22.8. The fourth-order valence-corrected chi connectivity index (χ4v) is 4.78. The quantitative estimate of drug-likeness (QED) is 0.481. The molecule has 2 aromatic carbocycles. The Hall–Kier alpha value is -2.87. The SMILES string of the molecule is COC(=O)c1c(-c2ccc(Cl)cc2)csc1NC(=O)C1CC(=O)N(c2ccc(Cl)cc2)C1. The first kappa shape index (κ1) is 22.3. The average Bonchev–Trinajstić information content (AvgIpc) is 3.38. The summed E-state index contributed by atoms with van der Waals surface area (Å²) >= 11 is 13.1. The monoisotopic (exact) mass is 488 g/mol. The number of benzene rings is 2. The molecule has 1 aliphatic rings. The molecule has 1 aromatic heterocycles. The molecule has 164 valence electrons. The van der Waals surface area contributed by atoms with Gasteiger partial charge in [0.15, 0.2) is 0 Å². The molecule has 2 amide bonds. The Morgan fingerprint density at radius 1 is 1.06 bits per heavy atom. The second kappa shape index (κ2) is 9.32. The lowest BCUT2D eigenvalue weighted by molar-refractivity contribution is -0.122. The number of hydrogen-bond acceptors (Lipinski definition) is 5. The number of rotatable bonds is 5. The van der Waals surface area contributed by atoms with Crippen molar-refractivity contribution in [2.24, 2.45) is 5.92 Å². The van der Waals surface area contributed by atoms with E-state index in [4.69, 9.17) is 27.9 Å². The molecule has 9 heteroatoms. The molecule has 1 aliphatic heterocycles. The normalized spacial score (nSPS) is 15.7. The van der Waals surface area contributed by atoms with Crippen molar-refractivity contribution in [2.45, 2.75) is 6.42 Å².